The standard InChI is InChI=1S/C17H17N5OS/c1-2-4-13(5-3-1)22-15(11-6-7-11)19-17(20-22)24-10-14-18-16(23-21-14)12-8-9-12/h1-5,11-12H,6-10H2. The van der Waals surface area contributed by atoms with Crippen molar-refractivity contribution in [3.05, 3.63) is 47.9 Å². The van der Waals surface area contributed by atoms with Gasteiger partial charge in [-0.2, -0.15) is 4.98 Å². The van der Waals surface area contributed by atoms with E-state index >= 15 is 0 Å². The minimum absolute atomic E-state index is 0.494. The molecule has 0 atom stereocenters. The van der Waals surface area contributed by atoms with Crippen LogP contribution in [0.1, 0.15) is 55.1 Å². The summed E-state index contributed by atoms with van der Waals surface area (Å²) in [7, 11) is 0. The Bertz CT molecular complexity index is 851. The van der Waals surface area contributed by atoms with Gasteiger partial charge in [0.25, 0.3) is 0 Å². The molecule has 2 aliphatic carbocycles. The highest BCUT2D eigenvalue weighted by atomic mass is 32.2. The van der Waals surface area contributed by atoms with Crippen LogP contribution in [0.25, 0.3) is 5.69 Å². The summed E-state index contributed by atoms with van der Waals surface area (Å²) in [5.74, 6) is 4.25. The van der Waals surface area contributed by atoms with Crippen LogP contribution < -0.4 is 0 Å². The predicted molar refractivity (Wildman–Crippen MR) is 89.2 cm³/mol. The maximum atomic E-state index is 5.30. The molecule has 0 spiro atoms. The molecule has 6 nitrogen and oxygen atoms in total. The van der Waals surface area contributed by atoms with Crippen LogP contribution in [-0.2, 0) is 5.75 Å². The molecule has 0 N–H and O–H groups in total. The van der Waals surface area contributed by atoms with E-state index in [1.807, 2.05) is 22.9 Å². The van der Waals surface area contributed by atoms with Gasteiger partial charge in [-0.3, -0.25) is 0 Å². The fraction of sp³-hybridized carbons (Fsp3) is 0.412. The van der Waals surface area contributed by atoms with Crippen molar-refractivity contribution in [1.29, 1.82) is 0 Å². The Morgan fingerprint density at radius 2 is 1.83 bits per heavy atom. The Morgan fingerprint density at radius 3 is 2.58 bits per heavy atom. The molecule has 0 saturated heterocycles. The van der Waals surface area contributed by atoms with E-state index in [1.54, 1.807) is 11.8 Å². The molecule has 1 aromatic carbocycles. The number of hydrogen-bond donors (Lipinski definition) is 0. The van der Waals surface area contributed by atoms with E-state index in [-0.39, 0.29) is 0 Å². The molecule has 0 amide bonds. The molecule has 0 aliphatic heterocycles. The predicted octanol–water partition coefficient (Wildman–Crippen LogP) is 3.70. The second kappa shape index (κ2) is 5.73. The minimum atomic E-state index is 0.494. The Kier molecular flexibility index (Phi) is 3.40. The third-order valence-corrected chi connectivity index (χ3v) is 5.13. The number of rotatable bonds is 6. The Labute approximate surface area is 143 Å². The number of nitrogens with zero attached hydrogens (tertiary/aromatic N) is 5. The van der Waals surface area contributed by atoms with Crippen LogP contribution >= 0.6 is 11.8 Å². The monoisotopic (exact) mass is 339 g/mol. The summed E-state index contributed by atoms with van der Waals surface area (Å²) < 4.78 is 7.28. The lowest BCUT2D eigenvalue weighted by Gasteiger charge is -2.03. The minimum Gasteiger partial charge on any atom is -0.339 e. The van der Waals surface area contributed by atoms with Gasteiger partial charge in [-0.05, 0) is 37.8 Å². The number of benzene rings is 1. The highest BCUT2D eigenvalue weighted by molar-refractivity contribution is 7.98. The zero-order valence-corrected chi connectivity index (χ0v) is 13.9. The van der Waals surface area contributed by atoms with Crippen LogP contribution in [0.3, 0.4) is 0 Å². The molecule has 2 saturated carbocycles. The van der Waals surface area contributed by atoms with Gasteiger partial charge in [-0.15, -0.1) is 5.10 Å². The lowest BCUT2D eigenvalue weighted by atomic mass is 10.3. The largest absolute Gasteiger partial charge is 0.339 e. The van der Waals surface area contributed by atoms with Crippen molar-refractivity contribution in [2.45, 2.75) is 48.4 Å². The molecule has 2 heterocycles. The van der Waals surface area contributed by atoms with Crippen LogP contribution in [0.4, 0.5) is 0 Å². The number of para-hydroxylation sites is 1. The van der Waals surface area contributed by atoms with Crippen LogP contribution in [0.15, 0.2) is 40.0 Å². The van der Waals surface area contributed by atoms with Gasteiger partial charge in [0.15, 0.2) is 5.82 Å². The molecule has 2 fully saturated rings. The first-order chi connectivity index (χ1) is 11.9. The van der Waals surface area contributed by atoms with E-state index in [0.717, 1.165) is 28.4 Å². The molecular formula is C17H17N5OS. The van der Waals surface area contributed by atoms with Crippen molar-refractivity contribution in [3.8, 4) is 5.69 Å². The molecule has 0 unspecified atom stereocenters. The van der Waals surface area contributed by atoms with Gasteiger partial charge < -0.3 is 4.52 Å². The van der Waals surface area contributed by atoms with Gasteiger partial charge in [0.05, 0.1) is 11.4 Å². The molecule has 0 radical (unpaired) electrons. The van der Waals surface area contributed by atoms with Crippen molar-refractivity contribution in [2.24, 2.45) is 0 Å². The lowest BCUT2D eigenvalue weighted by Crippen LogP contribution is -2.01. The highest BCUT2D eigenvalue weighted by Gasteiger charge is 2.31. The Morgan fingerprint density at radius 1 is 1.04 bits per heavy atom. The first-order valence-electron chi connectivity index (χ1n) is 8.34. The average Bonchev–Trinajstić information content (AvgIpc) is 3.56. The summed E-state index contributed by atoms with van der Waals surface area (Å²) in [6.45, 7) is 0. The summed E-state index contributed by atoms with van der Waals surface area (Å²) in [6.07, 6.45) is 4.74. The number of thioether (sulfide) groups is 1. The molecule has 0 bridgehead atoms. The molecule has 122 valence electrons. The van der Waals surface area contributed by atoms with Gasteiger partial charge >= 0.3 is 0 Å². The SMILES string of the molecule is c1ccc(-n2nc(SCc3noc(C4CC4)n3)nc2C2CC2)cc1. The average molecular weight is 339 g/mol. The van der Waals surface area contributed by atoms with E-state index in [4.69, 9.17) is 14.6 Å². The van der Waals surface area contributed by atoms with Gasteiger partial charge in [-0.25, -0.2) is 9.67 Å². The van der Waals surface area contributed by atoms with E-state index in [2.05, 4.69) is 22.3 Å². The van der Waals surface area contributed by atoms with Crippen LogP contribution in [0.2, 0.25) is 0 Å². The van der Waals surface area contributed by atoms with Gasteiger partial charge in [0.2, 0.25) is 11.0 Å². The molecule has 24 heavy (non-hydrogen) atoms. The second-order valence-corrected chi connectivity index (χ2v) is 7.33. The first kappa shape index (κ1) is 14.2. The Balaban J connectivity index is 1.35. The summed E-state index contributed by atoms with van der Waals surface area (Å²) in [4.78, 5) is 9.21. The molecule has 7 heteroatoms. The summed E-state index contributed by atoms with van der Waals surface area (Å²) in [5.41, 5.74) is 1.06. The van der Waals surface area contributed by atoms with Gasteiger partial charge in [-0.1, -0.05) is 35.1 Å². The number of hydrogen-bond acceptors (Lipinski definition) is 6. The van der Waals surface area contributed by atoms with Crippen LogP contribution in [0.5, 0.6) is 0 Å². The Hall–Kier alpha value is -2.15. The summed E-state index contributed by atoms with van der Waals surface area (Å²) in [5, 5.41) is 9.53. The normalized spacial score (nSPS) is 17.3. The summed E-state index contributed by atoms with van der Waals surface area (Å²) in [6, 6.07) is 10.2. The zero-order valence-electron chi connectivity index (χ0n) is 13.1. The molecule has 2 aliphatic rings. The number of aromatic nitrogens is 5. The van der Waals surface area contributed by atoms with Crippen LogP contribution in [-0.4, -0.2) is 24.9 Å². The fourth-order valence-electron chi connectivity index (χ4n) is 2.68. The lowest BCUT2D eigenvalue weighted by molar-refractivity contribution is 0.375. The molecule has 2 aromatic heterocycles. The fourth-order valence-corrected chi connectivity index (χ4v) is 3.35. The molecular weight excluding hydrogens is 322 g/mol. The summed E-state index contributed by atoms with van der Waals surface area (Å²) >= 11 is 1.57. The third kappa shape index (κ3) is 2.84. The quantitative estimate of drug-likeness (QED) is 0.638. The highest BCUT2D eigenvalue weighted by Crippen LogP contribution is 2.41. The van der Waals surface area contributed by atoms with E-state index < -0.39 is 0 Å². The van der Waals surface area contributed by atoms with Crippen molar-refractivity contribution in [1.82, 2.24) is 24.9 Å². The van der Waals surface area contributed by atoms with Crippen molar-refractivity contribution >= 4 is 11.8 Å². The maximum absolute atomic E-state index is 5.30. The van der Waals surface area contributed by atoms with Crippen molar-refractivity contribution < 1.29 is 4.52 Å². The molecule has 3 aromatic rings. The smallest absolute Gasteiger partial charge is 0.229 e. The third-order valence-electron chi connectivity index (χ3n) is 4.30. The van der Waals surface area contributed by atoms with E-state index in [1.165, 1.54) is 25.7 Å². The zero-order chi connectivity index (χ0) is 15.9. The molecule has 5 rings (SSSR count). The maximum Gasteiger partial charge on any atom is 0.229 e. The van der Waals surface area contributed by atoms with E-state index in [0.29, 0.717) is 17.6 Å². The van der Waals surface area contributed by atoms with Gasteiger partial charge in [0.1, 0.15) is 5.82 Å². The van der Waals surface area contributed by atoms with Crippen molar-refractivity contribution in [2.75, 3.05) is 0 Å². The van der Waals surface area contributed by atoms with Crippen molar-refractivity contribution in [3.63, 3.8) is 0 Å². The van der Waals surface area contributed by atoms with Gasteiger partial charge in [0, 0.05) is 11.8 Å². The van der Waals surface area contributed by atoms with Crippen LogP contribution in [0, 0.1) is 0 Å². The topological polar surface area (TPSA) is 69.6 Å². The second-order valence-electron chi connectivity index (χ2n) is 6.39. The first-order valence-corrected chi connectivity index (χ1v) is 9.33. The van der Waals surface area contributed by atoms with E-state index in [9.17, 15) is 0 Å².